The molecule has 0 radical (unpaired) electrons. The predicted octanol–water partition coefficient (Wildman–Crippen LogP) is 2.70. The fourth-order valence-corrected chi connectivity index (χ4v) is 0. The van der Waals surface area contributed by atoms with E-state index >= 15 is 0 Å². The van der Waals surface area contributed by atoms with Gasteiger partial charge in [0.25, 0.3) is 0 Å². The number of rotatable bonds is 0. The van der Waals surface area contributed by atoms with E-state index in [4.69, 9.17) is 0 Å². The van der Waals surface area contributed by atoms with E-state index in [0.29, 0.717) is 0 Å². The molecule has 0 rings (SSSR count). The third kappa shape index (κ3) is 19.3. The van der Waals surface area contributed by atoms with Crippen molar-refractivity contribution in [1.82, 2.24) is 0 Å². The summed E-state index contributed by atoms with van der Waals surface area (Å²) in [6, 6.07) is 0. The molecule has 0 aromatic heterocycles. The third-order valence-corrected chi connectivity index (χ3v) is 0. The van der Waals surface area contributed by atoms with Crippen molar-refractivity contribution in [2.45, 2.75) is 0 Å². The summed E-state index contributed by atoms with van der Waals surface area (Å²) in [5.41, 5.74) is 0. The maximum atomic E-state index is 2.28. The normalized spacial score (nSPS) is 4.40. The van der Waals surface area contributed by atoms with Crippen molar-refractivity contribution in [3.05, 3.63) is 0 Å². The third-order valence-electron chi connectivity index (χ3n) is 0. The molecule has 0 aliphatic rings. The molecule has 0 amide bonds. The molecule has 0 atom stereocenters. The average Bonchev–Trinajstić information content (AvgIpc) is 1.46. The van der Waals surface area contributed by atoms with Crippen LogP contribution >= 0.6 is 63.2 Å². The molecule has 0 nitrogen and oxygen atoms in total. The van der Waals surface area contributed by atoms with Crippen LogP contribution in [-0.4, -0.2) is 2.43 Å². The van der Waals surface area contributed by atoms with Gasteiger partial charge in [-0.25, -0.2) is 0 Å². The molecule has 0 unspecified atom stereocenters. The van der Waals surface area contributed by atoms with Crippen molar-refractivity contribution in [3.8, 4) is 0 Å². The van der Waals surface area contributed by atoms with Crippen molar-refractivity contribution in [2.24, 2.45) is 0 Å². The van der Waals surface area contributed by atoms with E-state index in [0.717, 1.165) is 0 Å². The monoisotopic (exact) mass is 485 g/mol. The van der Waals surface area contributed by atoms with Crippen LogP contribution < -0.4 is 0 Å². The molecule has 0 aromatic rings. The van der Waals surface area contributed by atoms with Gasteiger partial charge in [0.2, 0.25) is 0 Å². The van der Waals surface area contributed by atoms with Gasteiger partial charge in [0.1, 0.15) is 0 Å². The summed E-state index contributed by atoms with van der Waals surface area (Å²) in [6.07, 6.45) is 0. The summed E-state index contributed by atoms with van der Waals surface area (Å²) in [6.45, 7) is 0. The number of halogens is 3. The Morgan fingerprint density at radius 1 is 1.20 bits per heavy atom. The van der Waals surface area contributed by atoms with Gasteiger partial charge in [0.05, 0.1) is 2.43 Å². The first-order valence-electron chi connectivity index (χ1n) is 0.724. The van der Waals surface area contributed by atoms with E-state index in [1.807, 2.05) is 0 Å². The first kappa shape index (κ1) is 11.0. The van der Waals surface area contributed by atoms with Gasteiger partial charge in [0, 0.05) is 0 Å². The Kier molecular flexibility index (Phi) is 34.4. The van der Waals surface area contributed by atoms with Crippen molar-refractivity contribution in [2.75, 3.05) is 2.43 Å². The zero-order valence-corrected chi connectivity index (χ0v) is 11.3. The first-order chi connectivity index (χ1) is 2.41. The van der Waals surface area contributed by atoms with Crippen molar-refractivity contribution < 1.29 is 20.5 Å². The van der Waals surface area contributed by atoms with Crippen LogP contribution in [0, 0.1) is 0 Å². The van der Waals surface area contributed by atoms with Crippen molar-refractivity contribution >= 4 is 63.2 Å². The van der Waals surface area contributed by atoms with E-state index in [1.54, 1.807) is 0 Å². The Balaban J connectivity index is 0. The number of hydrogen-bond acceptors (Lipinski definition) is 0. The van der Waals surface area contributed by atoms with E-state index in [9.17, 15) is 0 Å². The van der Waals surface area contributed by atoms with Crippen LogP contribution in [0.2, 0.25) is 0 Å². The second kappa shape index (κ2) is 15.7. The van der Waals surface area contributed by atoms with Gasteiger partial charge in [-0.3, -0.25) is 0 Å². The Labute approximate surface area is 84.0 Å². The minimum absolute atomic E-state index is 1.19. The molecule has 0 fully saturated rings. The van der Waals surface area contributed by atoms with E-state index in [1.165, 1.54) is 23.0 Å². The summed E-state index contributed by atoms with van der Waals surface area (Å²) < 4.78 is 1.19. The van der Waals surface area contributed by atoms with E-state index < -0.39 is 0 Å². The Morgan fingerprint density at radius 3 is 1.20 bits per heavy atom. The molecule has 0 aliphatic heterocycles. The molecule has 0 spiro atoms. The van der Waals surface area contributed by atoms with Crippen LogP contribution in [0.4, 0.5) is 0 Å². The van der Waals surface area contributed by atoms with Gasteiger partial charge >= 0.3 is 38.6 Å². The van der Waals surface area contributed by atoms with Gasteiger partial charge in [-0.15, -0.1) is 0 Å². The Hall–Kier alpha value is 3.07. The quantitative estimate of drug-likeness (QED) is 0.366. The summed E-state index contributed by atoms with van der Waals surface area (Å²) in [7, 11) is 0. The Bertz CT molecular complexity index is 6.85. The molecule has 0 bridgehead atoms. The second-order valence-corrected chi connectivity index (χ2v) is 4.55. The molecule has 0 saturated carbocycles. The molecule has 0 saturated heterocycles. The van der Waals surface area contributed by atoms with Crippen molar-refractivity contribution in [1.29, 1.82) is 0 Å². The molecule has 0 aliphatic carbocycles. The molecular formula is CH2I3Zr. The van der Waals surface area contributed by atoms with Crippen LogP contribution in [0.5, 0.6) is 0 Å². The van der Waals surface area contributed by atoms with Gasteiger partial charge in [-0.2, -0.15) is 0 Å². The minimum atomic E-state index is 1.19. The standard InChI is InChI=1S/CH2I2.HI.Zr/c2-1-3;;/h1H2;1H;/q;;+1/p-1. The zero-order chi connectivity index (χ0) is 4.71. The molecule has 4 heteroatoms. The first-order valence-corrected chi connectivity index (χ1v) is 11.1. The summed E-state index contributed by atoms with van der Waals surface area (Å²) in [5, 5.41) is 0. The SMILES string of the molecule is ICI.[Zr][I]. The van der Waals surface area contributed by atoms with Crippen molar-refractivity contribution in [3.63, 3.8) is 0 Å². The van der Waals surface area contributed by atoms with Crippen LogP contribution in [-0.2, 0) is 20.5 Å². The van der Waals surface area contributed by atoms with E-state index in [-0.39, 0.29) is 0 Å². The van der Waals surface area contributed by atoms with Crippen LogP contribution in [0.3, 0.4) is 0 Å². The average molecular weight is 486 g/mol. The Morgan fingerprint density at radius 2 is 1.20 bits per heavy atom. The number of hydrogen-bond donors (Lipinski definition) is 0. The van der Waals surface area contributed by atoms with Crippen LogP contribution in [0.25, 0.3) is 0 Å². The van der Waals surface area contributed by atoms with Gasteiger partial charge in [0.15, 0.2) is 0 Å². The molecule has 0 aromatic carbocycles. The number of alkyl halides is 2. The van der Waals surface area contributed by atoms with E-state index in [2.05, 4.69) is 63.2 Å². The fraction of sp³-hybridized carbons (Fsp3) is 1.00. The van der Waals surface area contributed by atoms with Gasteiger partial charge in [-0.1, -0.05) is 45.2 Å². The fourth-order valence-electron chi connectivity index (χ4n) is 0. The van der Waals surface area contributed by atoms with Gasteiger partial charge in [-0.05, 0) is 0 Å². The topological polar surface area (TPSA) is 0 Å². The van der Waals surface area contributed by atoms with Crippen LogP contribution in [0.15, 0.2) is 0 Å². The molecular weight excluding hydrogens is 484 g/mol. The predicted molar refractivity (Wildman–Crippen MR) is 46.9 cm³/mol. The molecule has 31 valence electrons. The van der Waals surface area contributed by atoms with Gasteiger partial charge < -0.3 is 0 Å². The maximum absolute atomic E-state index is 2.28. The zero-order valence-electron chi connectivity index (χ0n) is 2.34. The summed E-state index contributed by atoms with van der Waals surface area (Å²) in [4.78, 5) is 0. The second-order valence-electron chi connectivity index (χ2n) is 0.101. The summed E-state index contributed by atoms with van der Waals surface area (Å²) in [5.74, 6) is 0. The summed E-state index contributed by atoms with van der Waals surface area (Å²) >= 11 is 8.31. The molecule has 0 N–H and O–H groups in total. The molecule has 0 heterocycles. The van der Waals surface area contributed by atoms with Crippen LogP contribution in [0.1, 0.15) is 0 Å². The molecule has 5 heavy (non-hydrogen) atoms.